The predicted molar refractivity (Wildman–Crippen MR) is 108 cm³/mol. The number of aromatic nitrogens is 1. The van der Waals surface area contributed by atoms with Gasteiger partial charge in [0, 0.05) is 36.0 Å². The molecular weight excluding hydrogens is 362 g/mol. The second-order valence-electron chi connectivity index (χ2n) is 6.61. The monoisotopic (exact) mass is 383 g/mol. The fourth-order valence-corrected chi connectivity index (χ4v) is 4.87. The Bertz CT molecular complexity index is 860. The van der Waals surface area contributed by atoms with Gasteiger partial charge in [-0.1, -0.05) is 30.3 Å². The smallest absolute Gasteiger partial charge is 0.229 e. The molecule has 1 amide bonds. The second kappa shape index (κ2) is 7.70. The number of hydrogen-bond acceptors (Lipinski definition) is 5. The fourth-order valence-electron chi connectivity index (χ4n) is 3.34. The highest BCUT2D eigenvalue weighted by Gasteiger charge is 2.30. The minimum absolute atomic E-state index is 0.109. The van der Waals surface area contributed by atoms with Gasteiger partial charge in [0.15, 0.2) is 0 Å². The number of thiophene rings is 1. The van der Waals surface area contributed by atoms with E-state index in [-0.39, 0.29) is 11.9 Å². The molecule has 0 spiro atoms. The van der Waals surface area contributed by atoms with Crippen molar-refractivity contribution in [3.63, 3.8) is 0 Å². The Morgan fingerprint density at radius 1 is 1.19 bits per heavy atom. The van der Waals surface area contributed by atoms with Crippen molar-refractivity contribution in [2.75, 3.05) is 26.7 Å². The highest BCUT2D eigenvalue weighted by molar-refractivity contribution is 7.14. The van der Waals surface area contributed by atoms with E-state index in [1.54, 1.807) is 22.7 Å². The molecule has 0 radical (unpaired) electrons. The van der Waals surface area contributed by atoms with Gasteiger partial charge in [0.05, 0.1) is 18.2 Å². The molecule has 0 unspecified atom stereocenters. The number of thiazole rings is 1. The third-order valence-electron chi connectivity index (χ3n) is 4.74. The van der Waals surface area contributed by atoms with E-state index in [1.165, 1.54) is 5.56 Å². The predicted octanol–water partition coefficient (Wildman–Crippen LogP) is 3.93. The maximum absolute atomic E-state index is 13.0. The van der Waals surface area contributed by atoms with Gasteiger partial charge < -0.3 is 9.80 Å². The summed E-state index contributed by atoms with van der Waals surface area (Å²) < 4.78 is 0. The zero-order valence-corrected chi connectivity index (χ0v) is 16.3. The number of likely N-dealkylation sites (N-methyl/N-ethyl adjacent to an activating group) is 1. The summed E-state index contributed by atoms with van der Waals surface area (Å²) in [5, 5.41) is 7.15. The Hall–Kier alpha value is -2.02. The average molecular weight is 384 g/mol. The molecule has 4 nitrogen and oxygen atoms in total. The number of amides is 1. The molecule has 134 valence electrons. The summed E-state index contributed by atoms with van der Waals surface area (Å²) >= 11 is 3.28. The van der Waals surface area contributed by atoms with Crippen molar-refractivity contribution < 1.29 is 4.79 Å². The van der Waals surface area contributed by atoms with E-state index in [1.807, 2.05) is 28.5 Å². The van der Waals surface area contributed by atoms with Crippen LogP contribution in [0.15, 0.2) is 52.5 Å². The van der Waals surface area contributed by atoms with E-state index in [0.717, 1.165) is 35.9 Å². The first-order valence-electron chi connectivity index (χ1n) is 8.70. The van der Waals surface area contributed by atoms with Gasteiger partial charge in [-0.3, -0.25) is 4.79 Å². The van der Waals surface area contributed by atoms with Crippen LogP contribution in [-0.2, 0) is 11.2 Å². The topological polar surface area (TPSA) is 36.4 Å². The van der Waals surface area contributed by atoms with Gasteiger partial charge in [-0.2, -0.15) is 11.3 Å². The van der Waals surface area contributed by atoms with Crippen molar-refractivity contribution in [3.8, 4) is 10.6 Å². The third kappa shape index (κ3) is 3.72. The number of benzene rings is 1. The van der Waals surface area contributed by atoms with Crippen molar-refractivity contribution in [2.24, 2.45) is 0 Å². The maximum Gasteiger partial charge on any atom is 0.229 e. The molecule has 0 N–H and O–H groups in total. The Kier molecular flexibility index (Phi) is 5.15. The van der Waals surface area contributed by atoms with Crippen LogP contribution in [0.1, 0.15) is 17.3 Å². The first-order valence-corrected chi connectivity index (χ1v) is 10.5. The summed E-state index contributed by atoms with van der Waals surface area (Å²) in [7, 11) is 2.12. The zero-order chi connectivity index (χ0) is 17.9. The Morgan fingerprint density at radius 3 is 2.81 bits per heavy atom. The van der Waals surface area contributed by atoms with Crippen LogP contribution >= 0.6 is 22.7 Å². The first-order chi connectivity index (χ1) is 12.7. The Balaban J connectivity index is 1.51. The minimum atomic E-state index is 0.109. The summed E-state index contributed by atoms with van der Waals surface area (Å²) in [5.41, 5.74) is 3.21. The lowest BCUT2D eigenvalue weighted by molar-refractivity contribution is -0.135. The second-order valence-corrected chi connectivity index (χ2v) is 8.25. The SMILES string of the molecule is CN1CCN(C(=O)Cc2csc(-c3ccsc3)n2)[C@@H](c2ccccc2)C1. The molecule has 0 saturated carbocycles. The highest BCUT2D eigenvalue weighted by atomic mass is 32.1. The van der Waals surface area contributed by atoms with Crippen LogP contribution in [-0.4, -0.2) is 47.4 Å². The number of rotatable bonds is 4. The molecule has 1 aliphatic rings. The molecule has 4 rings (SSSR count). The summed E-state index contributed by atoms with van der Waals surface area (Å²) in [6.07, 6.45) is 0.369. The van der Waals surface area contributed by atoms with Crippen molar-refractivity contribution in [1.29, 1.82) is 0 Å². The van der Waals surface area contributed by atoms with Gasteiger partial charge in [-0.15, -0.1) is 11.3 Å². The van der Waals surface area contributed by atoms with Gasteiger partial charge in [-0.25, -0.2) is 4.98 Å². The summed E-state index contributed by atoms with van der Waals surface area (Å²) in [4.78, 5) is 22.0. The van der Waals surface area contributed by atoms with E-state index in [4.69, 9.17) is 0 Å². The van der Waals surface area contributed by atoms with Crippen molar-refractivity contribution in [3.05, 3.63) is 63.8 Å². The maximum atomic E-state index is 13.0. The van der Waals surface area contributed by atoms with Crippen LogP contribution in [0.25, 0.3) is 10.6 Å². The van der Waals surface area contributed by atoms with Gasteiger partial charge in [0.2, 0.25) is 5.91 Å². The van der Waals surface area contributed by atoms with Gasteiger partial charge in [-0.05, 0) is 24.1 Å². The minimum Gasteiger partial charge on any atom is -0.333 e. The van der Waals surface area contributed by atoms with Gasteiger partial charge in [0.25, 0.3) is 0 Å². The first kappa shape index (κ1) is 17.4. The molecule has 1 fully saturated rings. The molecule has 3 aromatic rings. The van der Waals surface area contributed by atoms with E-state index in [9.17, 15) is 4.79 Å². The molecule has 1 saturated heterocycles. The van der Waals surface area contributed by atoms with Crippen LogP contribution < -0.4 is 0 Å². The summed E-state index contributed by atoms with van der Waals surface area (Å²) in [5.74, 6) is 0.161. The molecule has 0 bridgehead atoms. The number of hydrogen-bond donors (Lipinski definition) is 0. The lowest BCUT2D eigenvalue weighted by Crippen LogP contribution is -2.49. The number of piperazine rings is 1. The number of carbonyl (C=O) groups is 1. The van der Waals surface area contributed by atoms with Gasteiger partial charge >= 0.3 is 0 Å². The molecule has 1 aromatic carbocycles. The van der Waals surface area contributed by atoms with Crippen molar-refractivity contribution in [2.45, 2.75) is 12.5 Å². The Morgan fingerprint density at radius 2 is 2.04 bits per heavy atom. The fraction of sp³-hybridized carbons (Fsp3) is 0.300. The standard InChI is InChI=1S/C20H21N3OS2/c1-22-8-9-23(18(12-22)15-5-3-2-4-6-15)19(24)11-17-14-26-20(21-17)16-7-10-25-13-16/h2-7,10,13-14,18H,8-9,11-12H2,1H3/t18-/m1/s1. The van der Waals surface area contributed by atoms with Crippen molar-refractivity contribution in [1.82, 2.24) is 14.8 Å². The van der Waals surface area contributed by atoms with Crippen molar-refractivity contribution >= 4 is 28.6 Å². The van der Waals surface area contributed by atoms with E-state index in [2.05, 4.69) is 45.9 Å². The Labute approximate surface area is 161 Å². The lowest BCUT2D eigenvalue weighted by atomic mass is 10.0. The molecule has 6 heteroatoms. The van der Waals surface area contributed by atoms with Crippen LogP contribution in [0.2, 0.25) is 0 Å². The van der Waals surface area contributed by atoms with Crippen LogP contribution in [0.4, 0.5) is 0 Å². The highest BCUT2D eigenvalue weighted by Crippen LogP contribution is 2.28. The zero-order valence-electron chi connectivity index (χ0n) is 14.7. The third-order valence-corrected chi connectivity index (χ3v) is 6.36. The molecule has 26 heavy (non-hydrogen) atoms. The summed E-state index contributed by atoms with van der Waals surface area (Å²) in [6.45, 7) is 2.54. The van der Waals surface area contributed by atoms with Gasteiger partial charge in [0.1, 0.15) is 5.01 Å². The largest absolute Gasteiger partial charge is 0.333 e. The molecule has 1 aliphatic heterocycles. The molecule has 3 heterocycles. The molecule has 0 aliphatic carbocycles. The molecular formula is C20H21N3OS2. The normalized spacial score (nSPS) is 18.2. The number of carbonyl (C=O) groups excluding carboxylic acids is 1. The summed E-state index contributed by atoms with van der Waals surface area (Å²) in [6, 6.07) is 12.5. The lowest BCUT2D eigenvalue weighted by Gasteiger charge is -2.40. The van der Waals surface area contributed by atoms with E-state index < -0.39 is 0 Å². The number of nitrogens with zero attached hydrogens (tertiary/aromatic N) is 3. The van der Waals surface area contributed by atoms with E-state index in [0.29, 0.717) is 6.42 Å². The van der Waals surface area contributed by atoms with Crippen LogP contribution in [0, 0.1) is 0 Å². The molecule has 2 aromatic heterocycles. The van der Waals surface area contributed by atoms with E-state index >= 15 is 0 Å². The van der Waals surface area contributed by atoms with Crippen LogP contribution in [0.5, 0.6) is 0 Å². The molecule has 1 atom stereocenters. The van der Waals surface area contributed by atoms with Crippen LogP contribution in [0.3, 0.4) is 0 Å². The average Bonchev–Trinajstić information content (AvgIpc) is 3.34. The quantitative estimate of drug-likeness (QED) is 0.685.